The lowest BCUT2D eigenvalue weighted by molar-refractivity contribution is -0.136. The molecule has 94 valence electrons. The summed E-state index contributed by atoms with van der Waals surface area (Å²) in [6, 6.07) is 2.40. The summed E-state index contributed by atoms with van der Waals surface area (Å²) in [5.41, 5.74) is -0.257. The first-order chi connectivity index (χ1) is 7.88. The van der Waals surface area contributed by atoms with Crippen LogP contribution in [0.5, 0.6) is 5.88 Å². The number of halogens is 3. The Labute approximate surface area is 94.2 Å². The van der Waals surface area contributed by atoms with Gasteiger partial charge in [-0.2, -0.15) is 13.2 Å². The van der Waals surface area contributed by atoms with Gasteiger partial charge < -0.3 is 9.84 Å². The van der Waals surface area contributed by atoms with Gasteiger partial charge in [-0.25, -0.2) is 4.79 Å². The lowest BCUT2D eigenvalue weighted by Crippen LogP contribution is -2.10. The van der Waals surface area contributed by atoms with Gasteiger partial charge in [-0.15, -0.1) is 10.2 Å². The number of hydrogen-bond acceptors (Lipinski definition) is 4. The second-order valence-corrected chi connectivity index (χ2v) is 3.13. The molecule has 0 radical (unpaired) electrons. The summed E-state index contributed by atoms with van der Waals surface area (Å²) in [5.74, 6) is -1.24. The van der Waals surface area contributed by atoms with E-state index in [0.717, 1.165) is 6.07 Å². The first-order valence-corrected chi connectivity index (χ1v) is 4.65. The Hall–Kier alpha value is -1.86. The highest BCUT2D eigenvalue weighted by atomic mass is 19.4. The summed E-state index contributed by atoms with van der Waals surface area (Å²) in [6.45, 7) is -0.152. The van der Waals surface area contributed by atoms with E-state index in [0.29, 0.717) is 0 Å². The number of alkyl halides is 3. The highest BCUT2D eigenvalue weighted by Gasteiger charge is 2.26. The lowest BCUT2D eigenvalue weighted by Gasteiger charge is -2.06. The van der Waals surface area contributed by atoms with Crippen molar-refractivity contribution in [1.29, 1.82) is 0 Å². The van der Waals surface area contributed by atoms with E-state index in [1.165, 1.54) is 6.07 Å². The molecule has 0 spiro atoms. The predicted octanol–water partition coefficient (Wildman–Crippen LogP) is 1.90. The molecule has 0 amide bonds. The van der Waals surface area contributed by atoms with Crippen molar-refractivity contribution in [2.45, 2.75) is 19.0 Å². The van der Waals surface area contributed by atoms with E-state index in [9.17, 15) is 18.0 Å². The van der Waals surface area contributed by atoms with Crippen LogP contribution in [-0.2, 0) is 0 Å². The van der Waals surface area contributed by atoms with Crippen LogP contribution in [0.1, 0.15) is 23.3 Å². The molecule has 0 aliphatic heterocycles. The van der Waals surface area contributed by atoms with Crippen LogP contribution in [0.3, 0.4) is 0 Å². The van der Waals surface area contributed by atoms with Crippen molar-refractivity contribution in [2.24, 2.45) is 0 Å². The van der Waals surface area contributed by atoms with Crippen LogP contribution >= 0.6 is 0 Å². The normalized spacial score (nSPS) is 11.2. The highest BCUT2D eigenvalue weighted by molar-refractivity contribution is 5.84. The molecule has 8 heteroatoms. The molecule has 0 saturated heterocycles. The summed E-state index contributed by atoms with van der Waals surface area (Å²) < 4.78 is 40.2. The summed E-state index contributed by atoms with van der Waals surface area (Å²) in [4.78, 5) is 10.4. The molecule has 0 fully saturated rings. The smallest absolute Gasteiger partial charge is 0.389 e. The van der Waals surface area contributed by atoms with Crippen LogP contribution in [0.4, 0.5) is 13.2 Å². The molecule has 0 bridgehead atoms. The van der Waals surface area contributed by atoms with Crippen LogP contribution in [0, 0.1) is 0 Å². The summed E-state index contributed by atoms with van der Waals surface area (Å²) in [5, 5.41) is 15.2. The Balaban J connectivity index is 2.35. The molecule has 0 aliphatic rings. The molecule has 17 heavy (non-hydrogen) atoms. The van der Waals surface area contributed by atoms with Crippen molar-refractivity contribution in [3.8, 4) is 5.88 Å². The molecular weight excluding hydrogens is 241 g/mol. The summed E-state index contributed by atoms with van der Waals surface area (Å²) in [6.07, 6.45) is -5.33. The van der Waals surface area contributed by atoms with Crippen LogP contribution in [0.25, 0.3) is 0 Å². The number of carbonyl (C=O) groups is 1. The Morgan fingerprint density at radius 2 is 2.06 bits per heavy atom. The zero-order valence-electron chi connectivity index (χ0n) is 8.57. The molecule has 0 atom stereocenters. The first-order valence-electron chi connectivity index (χ1n) is 4.65. The molecule has 0 aromatic carbocycles. The number of aromatic carboxylic acids is 1. The van der Waals surface area contributed by atoms with Gasteiger partial charge in [0.25, 0.3) is 0 Å². The van der Waals surface area contributed by atoms with E-state index in [2.05, 4.69) is 10.2 Å². The quantitative estimate of drug-likeness (QED) is 0.808. The van der Waals surface area contributed by atoms with E-state index >= 15 is 0 Å². The maximum atomic E-state index is 11.8. The van der Waals surface area contributed by atoms with Crippen molar-refractivity contribution >= 4 is 5.97 Å². The largest absolute Gasteiger partial charge is 0.477 e. The number of hydrogen-bond donors (Lipinski definition) is 1. The Bertz CT molecular complexity index is 378. The fourth-order valence-electron chi connectivity index (χ4n) is 0.960. The summed E-state index contributed by atoms with van der Waals surface area (Å²) >= 11 is 0. The molecule has 0 aliphatic carbocycles. The third kappa shape index (κ3) is 5.14. The summed E-state index contributed by atoms with van der Waals surface area (Å²) in [7, 11) is 0. The van der Waals surface area contributed by atoms with Gasteiger partial charge in [0.2, 0.25) is 5.88 Å². The van der Waals surface area contributed by atoms with Crippen LogP contribution < -0.4 is 4.74 Å². The Kier molecular flexibility index (Phi) is 4.24. The van der Waals surface area contributed by atoms with Gasteiger partial charge in [-0.3, -0.25) is 0 Å². The molecule has 1 rings (SSSR count). The lowest BCUT2D eigenvalue weighted by atomic mass is 10.3. The number of aromatic nitrogens is 2. The van der Waals surface area contributed by atoms with Gasteiger partial charge in [0.15, 0.2) is 5.69 Å². The van der Waals surface area contributed by atoms with E-state index in [1.54, 1.807) is 0 Å². The molecule has 1 aromatic rings. The van der Waals surface area contributed by atoms with Crippen molar-refractivity contribution in [3.63, 3.8) is 0 Å². The number of ether oxygens (including phenoxy) is 1. The highest BCUT2D eigenvalue weighted by Crippen LogP contribution is 2.21. The van der Waals surface area contributed by atoms with Crippen LogP contribution in [0.15, 0.2) is 12.1 Å². The van der Waals surface area contributed by atoms with Gasteiger partial charge in [-0.1, -0.05) is 0 Å². The van der Waals surface area contributed by atoms with Gasteiger partial charge in [0, 0.05) is 12.5 Å². The van der Waals surface area contributed by atoms with Crippen LogP contribution in [-0.4, -0.2) is 34.1 Å². The fourth-order valence-corrected chi connectivity index (χ4v) is 0.960. The zero-order valence-corrected chi connectivity index (χ0v) is 8.57. The zero-order chi connectivity index (χ0) is 12.9. The van der Waals surface area contributed by atoms with Crippen molar-refractivity contribution in [3.05, 3.63) is 17.8 Å². The third-order valence-corrected chi connectivity index (χ3v) is 1.71. The van der Waals surface area contributed by atoms with Crippen molar-refractivity contribution < 1.29 is 27.8 Å². The van der Waals surface area contributed by atoms with E-state index < -0.39 is 18.6 Å². The van der Waals surface area contributed by atoms with E-state index in [4.69, 9.17) is 9.84 Å². The van der Waals surface area contributed by atoms with Crippen molar-refractivity contribution in [1.82, 2.24) is 10.2 Å². The standard InChI is InChI=1S/C9H9F3N2O3/c10-9(11,12)4-1-5-17-7-3-2-6(8(15)16)13-14-7/h2-3H,1,4-5H2,(H,15,16). The minimum absolute atomic E-state index is 0.00262. The predicted molar refractivity (Wildman–Crippen MR) is 49.8 cm³/mol. The molecule has 1 N–H and O–H groups in total. The molecular formula is C9H9F3N2O3. The molecule has 1 heterocycles. The van der Waals surface area contributed by atoms with Gasteiger partial charge in [-0.05, 0) is 12.5 Å². The fraction of sp³-hybridized carbons (Fsp3) is 0.444. The monoisotopic (exact) mass is 250 g/mol. The maximum Gasteiger partial charge on any atom is 0.389 e. The second kappa shape index (κ2) is 5.46. The van der Waals surface area contributed by atoms with Gasteiger partial charge >= 0.3 is 12.1 Å². The second-order valence-electron chi connectivity index (χ2n) is 3.13. The van der Waals surface area contributed by atoms with Crippen LogP contribution in [0.2, 0.25) is 0 Å². The van der Waals surface area contributed by atoms with Gasteiger partial charge in [0.1, 0.15) is 0 Å². The molecule has 1 aromatic heterocycles. The maximum absolute atomic E-state index is 11.8. The van der Waals surface area contributed by atoms with E-state index in [-0.39, 0.29) is 24.6 Å². The molecule has 0 saturated carbocycles. The van der Waals surface area contributed by atoms with Crippen molar-refractivity contribution in [2.75, 3.05) is 6.61 Å². The topological polar surface area (TPSA) is 72.3 Å². The average Bonchev–Trinajstić information content (AvgIpc) is 2.24. The Morgan fingerprint density at radius 1 is 1.35 bits per heavy atom. The number of rotatable bonds is 5. The molecule has 0 unspecified atom stereocenters. The SMILES string of the molecule is O=C(O)c1ccc(OCCCC(F)(F)F)nn1. The number of nitrogens with zero attached hydrogens (tertiary/aromatic N) is 2. The minimum atomic E-state index is -4.21. The Morgan fingerprint density at radius 3 is 2.53 bits per heavy atom. The van der Waals surface area contributed by atoms with E-state index in [1.807, 2.05) is 0 Å². The molecule has 5 nitrogen and oxygen atoms in total. The first kappa shape index (κ1) is 13.2. The average molecular weight is 250 g/mol. The third-order valence-electron chi connectivity index (χ3n) is 1.71. The minimum Gasteiger partial charge on any atom is -0.477 e. The number of carboxylic acid groups (broad SMARTS) is 1. The number of carboxylic acids is 1. The van der Waals surface area contributed by atoms with Gasteiger partial charge in [0.05, 0.1) is 6.61 Å².